The number of carbonyl (C=O) groups excluding carboxylic acids is 1. The van der Waals surface area contributed by atoms with Gasteiger partial charge in [0, 0.05) is 25.2 Å². The number of pyridine rings is 1. The third-order valence-electron chi connectivity index (χ3n) is 5.92. The van der Waals surface area contributed by atoms with Crippen molar-refractivity contribution in [2.45, 2.75) is 59.6 Å². The molecule has 0 saturated heterocycles. The Hall–Kier alpha value is -2.93. The topological polar surface area (TPSA) is 64.7 Å². The molecule has 0 atom stereocenters. The average Bonchev–Trinajstić information content (AvgIpc) is 2.91. The largest absolute Gasteiger partial charge is 0.534 e. The molecule has 0 radical (unpaired) electrons. The van der Waals surface area contributed by atoms with Crippen LogP contribution in [-0.2, 0) is 6.05 Å². The first-order chi connectivity index (χ1) is 20.1. The van der Waals surface area contributed by atoms with Crippen molar-refractivity contribution in [1.82, 2.24) is 4.90 Å². The minimum atomic E-state index is -9.26. The molecule has 0 fully saturated rings. The highest BCUT2D eigenvalue weighted by molar-refractivity contribution is 5.93. The van der Waals surface area contributed by atoms with E-state index in [4.69, 9.17) is 10.2 Å². The van der Waals surface area contributed by atoms with E-state index in [2.05, 4.69) is 0 Å². The summed E-state index contributed by atoms with van der Waals surface area (Å²) in [5.74, 6) is -72.5. The van der Waals surface area contributed by atoms with Gasteiger partial charge in [0.05, 0.1) is 18.8 Å². The van der Waals surface area contributed by atoms with Gasteiger partial charge in [0.15, 0.2) is 12.4 Å². The van der Waals surface area contributed by atoms with Crippen LogP contribution < -0.4 is 4.57 Å². The van der Waals surface area contributed by atoms with Crippen LogP contribution in [0.1, 0.15) is 10.4 Å². The van der Waals surface area contributed by atoms with Gasteiger partial charge in [0.1, 0.15) is 0 Å². The Morgan fingerprint density at radius 1 is 0.522 bits per heavy atom. The molecule has 0 unspecified atom stereocenters. The summed E-state index contributed by atoms with van der Waals surface area (Å²) in [6.45, 7) is -2.77. The molecule has 1 aromatic rings. The van der Waals surface area contributed by atoms with Crippen molar-refractivity contribution in [2.24, 2.45) is 0 Å². The molecule has 1 rings (SSSR count). The van der Waals surface area contributed by atoms with Gasteiger partial charge in [-0.3, -0.25) is 4.79 Å². The molecule has 268 valence electrons. The summed E-state index contributed by atoms with van der Waals surface area (Å²) in [5.41, 5.74) is -0.876. The summed E-state index contributed by atoms with van der Waals surface area (Å²) in [6.07, 6.45) is -9.13. The summed E-state index contributed by atoms with van der Waals surface area (Å²) >= 11 is 0. The lowest BCUT2D eigenvalue weighted by Crippen LogP contribution is -2.78. The molecule has 0 aliphatic carbocycles. The molecule has 0 spiro atoms. The fourth-order valence-electron chi connectivity index (χ4n) is 3.21. The fraction of sp³-hybridized carbons (Fsp3) is 0.700. The third kappa shape index (κ3) is 5.65. The van der Waals surface area contributed by atoms with Gasteiger partial charge in [-0.1, -0.05) is 0 Å². The zero-order valence-electron chi connectivity index (χ0n) is 21.3. The van der Waals surface area contributed by atoms with E-state index in [1.807, 2.05) is 0 Å². The molecule has 2 N–H and O–H groups in total. The molecule has 46 heavy (non-hydrogen) atoms. The Bertz CT molecular complexity index is 1220. The van der Waals surface area contributed by atoms with Crippen LogP contribution in [-0.4, -0.2) is 101 Å². The van der Waals surface area contributed by atoms with E-state index in [0.29, 0.717) is 4.90 Å². The number of hydrogen-bond acceptors (Lipinski definition) is 3. The molecule has 1 amide bonds. The molecule has 0 aliphatic rings. The Labute approximate surface area is 239 Å². The highest BCUT2D eigenvalue weighted by atomic mass is 19.4. The first-order valence-electron chi connectivity index (χ1n) is 11.1. The zero-order chi connectivity index (χ0) is 37.0. The molecule has 0 bridgehead atoms. The Morgan fingerprint density at radius 2 is 0.804 bits per heavy atom. The van der Waals surface area contributed by atoms with Gasteiger partial charge in [-0.2, -0.15) is 83.4 Å². The zero-order valence-corrected chi connectivity index (χ0v) is 21.3. The lowest BCUT2D eigenvalue weighted by atomic mass is 9.87. The van der Waals surface area contributed by atoms with Gasteiger partial charge in [-0.25, -0.2) is 0 Å². The van der Waals surface area contributed by atoms with Gasteiger partial charge < -0.3 is 15.1 Å². The lowest BCUT2D eigenvalue weighted by molar-refractivity contribution is -0.849. The van der Waals surface area contributed by atoms with Crippen molar-refractivity contribution in [1.29, 1.82) is 0 Å². The number of halogens is 21. The second-order valence-electron chi connectivity index (χ2n) is 8.87. The molecular weight excluding hydrogens is 715 g/mol. The molecule has 5 nitrogen and oxygen atoms in total. The molecule has 0 aromatic carbocycles. The maximum atomic E-state index is 14.4. The summed E-state index contributed by atoms with van der Waals surface area (Å²) < 4.78 is 283. The molecule has 1 heterocycles. The fourth-order valence-corrected chi connectivity index (χ4v) is 3.21. The van der Waals surface area contributed by atoms with Crippen LogP contribution in [0.2, 0.25) is 0 Å². The Kier molecular flexibility index (Phi) is 10.7. The van der Waals surface area contributed by atoms with Gasteiger partial charge in [0.2, 0.25) is 0 Å². The van der Waals surface area contributed by atoms with E-state index >= 15 is 0 Å². The normalized spacial score (nSPS) is 15.3. The summed E-state index contributed by atoms with van der Waals surface area (Å²) in [4.78, 5) is 12.8. The molecule has 1 aromatic heterocycles. The second-order valence-corrected chi connectivity index (χ2v) is 8.87. The van der Waals surface area contributed by atoms with Crippen LogP contribution in [0.3, 0.4) is 0 Å². The van der Waals surface area contributed by atoms with Crippen LogP contribution in [0.5, 0.6) is 0 Å². The highest BCUT2D eigenvalue weighted by Gasteiger charge is 2.99. The molecule has 26 heteroatoms. The van der Waals surface area contributed by atoms with E-state index < -0.39 is 114 Å². The quantitative estimate of drug-likeness (QED) is 0.194. The van der Waals surface area contributed by atoms with Crippen LogP contribution in [0.4, 0.5) is 92.2 Å². The summed E-state index contributed by atoms with van der Waals surface area (Å²) in [7, 11) is 0. The Balaban J connectivity index is 3.72. The maximum absolute atomic E-state index is 14.4. The molecule has 0 saturated carbocycles. The van der Waals surface area contributed by atoms with Gasteiger partial charge in [-0.05, 0) is 0 Å². The number of alkyl halides is 21. The number of aromatic nitrogens is 1. The highest BCUT2D eigenvalue weighted by Crippen LogP contribution is 2.66. The predicted octanol–water partition coefficient (Wildman–Crippen LogP) is 5.59. The maximum Gasteiger partial charge on any atom is 0.534 e. The Morgan fingerprint density at radius 3 is 1.09 bits per heavy atom. The minimum Gasteiger partial charge on any atom is -0.395 e. The summed E-state index contributed by atoms with van der Waals surface area (Å²) in [6, 6.07) is -7.04. The first kappa shape index (κ1) is 41.1. The summed E-state index contributed by atoms with van der Waals surface area (Å²) in [5, 5.41) is 17.7. The van der Waals surface area contributed by atoms with E-state index in [0.717, 1.165) is 0 Å². The SMILES string of the molecule is O=C(c1cc[n+](C(F)(F)C(F)(F)C(F)(F)C(F)(F)C(F)(F)C(F)(F)C(F)(F)C(F)(F)C(F)(F)C(F)(F)F)cc1)N(CCO)CCO. The standard InChI is InChI=1S/C20H14F21N2O3/c21-11(22,13(25,26)15(29,30)17(33,34)19(37,38)39)12(23,24)14(27,28)16(31,32)18(35,36)20(40,41)43-3-1-9(2-4-43)10(46)42(5-7-44)6-8-45/h1-4,44-45H,5-8H2/q+1. The van der Waals surface area contributed by atoms with Gasteiger partial charge >= 0.3 is 59.6 Å². The van der Waals surface area contributed by atoms with E-state index in [1.165, 1.54) is 0 Å². The first-order valence-corrected chi connectivity index (χ1v) is 11.1. The monoisotopic (exact) mass is 729 g/mol. The van der Waals surface area contributed by atoms with E-state index in [9.17, 15) is 97.0 Å². The third-order valence-corrected chi connectivity index (χ3v) is 5.92. The van der Waals surface area contributed by atoms with Crippen molar-refractivity contribution in [3.05, 3.63) is 30.1 Å². The minimum absolute atomic E-state index is 0.0105. The van der Waals surface area contributed by atoms with Crippen LogP contribution in [0, 0.1) is 0 Å². The van der Waals surface area contributed by atoms with Gasteiger partial charge in [0.25, 0.3) is 5.91 Å². The van der Waals surface area contributed by atoms with Crippen LogP contribution in [0.25, 0.3) is 0 Å². The number of carbonyl (C=O) groups is 1. The number of aliphatic hydroxyl groups is 2. The second kappa shape index (κ2) is 11.9. The van der Waals surface area contributed by atoms with Crippen molar-refractivity contribution >= 4 is 5.91 Å². The van der Waals surface area contributed by atoms with Crippen LogP contribution in [0.15, 0.2) is 24.5 Å². The molecule has 0 aliphatic heterocycles. The lowest BCUT2D eigenvalue weighted by Gasteiger charge is -2.43. The smallest absolute Gasteiger partial charge is 0.395 e. The van der Waals surface area contributed by atoms with Crippen molar-refractivity contribution in [3.63, 3.8) is 0 Å². The van der Waals surface area contributed by atoms with Gasteiger partial charge in [-0.15, -0.1) is 13.3 Å². The van der Waals surface area contributed by atoms with Crippen molar-refractivity contribution < 1.29 is 112 Å². The number of amides is 1. The number of hydrogen-bond donors (Lipinski definition) is 2. The molecular formula is C20H14F21N2O3+. The predicted molar refractivity (Wildman–Crippen MR) is 103 cm³/mol. The number of nitrogens with zero attached hydrogens (tertiary/aromatic N) is 2. The van der Waals surface area contributed by atoms with Crippen LogP contribution >= 0.6 is 0 Å². The van der Waals surface area contributed by atoms with Crippen molar-refractivity contribution in [2.75, 3.05) is 26.3 Å². The van der Waals surface area contributed by atoms with E-state index in [1.54, 1.807) is 0 Å². The van der Waals surface area contributed by atoms with E-state index in [-0.39, 0.29) is 12.1 Å². The number of aliphatic hydroxyl groups excluding tert-OH is 2. The number of rotatable bonds is 14. The average molecular weight is 729 g/mol. The van der Waals surface area contributed by atoms with Crippen molar-refractivity contribution in [3.8, 4) is 0 Å².